The van der Waals surface area contributed by atoms with Crippen molar-refractivity contribution in [1.82, 2.24) is 4.90 Å². The molecule has 0 unspecified atom stereocenters. The molecule has 0 saturated carbocycles. The SMILES string of the molecule is C=CCN(CC=C)CCCC(O)(c1ccccc1)c1ccccc1.I. The third-order valence-electron chi connectivity index (χ3n) is 4.29. The van der Waals surface area contributed by atoms with Crippen molar-refractivity contribution in [3.05, 3.63) is 97.1 Å². The molecule has 0 heterocycles. The molecule has 25 heavy (non-hydrogen) atoms. The molecule has 0 aliphatic carbocycles. The molecular weight excluding hydrogens is 421 g/mol. The average Bonchev–Trinajstić information content (AvgIpc) is 2.63. The Bertz CT molecular complexity index is 577. The molecule has 0 radical (unpaired) electrons. The fourth-order valence-corrected chi connectivity index (χ4v) is 3.06. The molecule has 0 amide bonds. The van der Waals surface area contributed by atoms with E-state index < -0.39 is 5.60 Å². The van der Waals surface area contributed by atoms with Crippen LogP contribution in [0.2, 0.25) is 0 Å². The van der Waals surface area contributed by atoms with Crippen molar-refractivity contribution >= 4 is 24.0 Å². The van der Waals surface area contributed by atoms with Gasteiger partial charge in [-0.1, -0.05) is 72.8 Å². The zero-order valence-electron chi connectivity index (χ0n) is 14.7. The maximum absolute atomic E-state index is 11.5. The Morgan fingerprint density at radius 1 is 0.840 bits per heavy atom. The van der Waals surface area contributed by atoms with E-state index in [2.05, 4.69) is 18.1 Å². The zero-order valence-corrected chi connectivity index (χ0v) is 17.0. The lowest BCUT2D eigenvalue weighted by Gasteiger charge is -2.30. The van der Waals surface area contributed by atoms with Gasteiger partial charge in [0.25, 0.3) is 0 Å². The largest absolute Gasteiger partial charge is 0.380 e. The Morgan fingerprint density at radius 2 is 1.28 bits per heavy atom. The summed E-state index contributed by atoms with van der Waals surface area (Å²) in [5, 5.41) is 11.5. The van der Waals surface area contributed by atoms with Crippen LogP contribution in [-0.4, -0.2) is 29.6 Å². The predicted octanol–water partition coefficient (Wildman–Crippen LogP) is 4.99. The van der Waals surface area contributed by atoms with Gasteiger partial charge in [0, 0.05) is 13.1 Å². The smallest absolute Gasteiger partial charge is 0.115 e. The highest BCUT2D eigenvalue weighted by Crippen LogP contribution is 2.34. The molecule has 0 aliphatic rings. The lowest BCUT2D eigenvalue weighted by atomic mass is 9.82. The number of halogens is 1. The average molecular weight is 449 g/mol. The number of benzene rings is 2. The summed E-state index contributed by atoms with van der Waals surface area (Å²) in [6.45, 7) is 10.2. The monoisotopic (exact) mass is 449 g/mol. The molecule has 3 heteroatoms. The van der Waals surface area contributed by atoms with E-state index >= 15 is 0 Å². The van der Waals surface area contributed by atoms with Crippen LogP contribution in [0.15, 0.2) is 86.0 Å². The van der Waals surface area contributed by atoms with Crippen molar-refractivity contribution in [2.24, 2.45) is 0 Å². The summed E-state index contributed by atoms with van der Waals surface area (Å²) in [4.78, 5) is 2.27. The molecule has 2 aromatic carbocycles. The molecule has 0 atom stereocenters. The van der Waals surface area contributed by atoms with Crippen LogP contribution < -0.4 is 0 Å². The molecular formula is C22H28INO. The number of hydrogen-bond acceptors (Lipinski definition) is 2. The second-order valence-corrected chi connectivity index (χ2v) is 6.03. The lowest BCUT2D eigenvalue weighted by Crippen LogP contribution is -2.30. The normalized spacial score (nSPS) is 11.0. The summed E-state index contributed by atoms with van der Waals surface area (Å²) in [5.41, 5.74) is 0.918. The Morgan fingerprint density at radius 3 is 1.68 bits per heavy atom. The van der Waals surface area contributed by atoms with Gasteiger partial charge in [-0.05, 0) is 30.5 Å². The van der Waals surface area contributed by atoms with Gasteiger partial charge in [-0.15, -0.1) is 37.1 Å². The first kappa shape index (κ1) is 21.6. The van der Waals surface area contributed by atoms with E-state index in [-0.39, 0.29) is 24.0 Å². The van der Waals surface area contributed by atoms with Gasteiger partial charge >= 0.3 is 0 Å². The maximum atomic E-state index is 11.5. The van der Waals surface area contributed by atoms with E-state index in [1.807, 2.05) is 72.8 Å². The third kappa shape index (κ3) is 6.10. The number of rotatable bonds is 10. The van der Waals surface area contributed by atoms with Crippen LogP contribution in [0, 0.1) is 0 Å². The van der Waals surface area contributed by atoms with Crippen LogP contribution in [-0.2, 0) is 5.60 Å². The molecule has 134 valence electrons. The second-order valence-electron chi connectivity index (χ2n) is 6.03. The van der Waals surface area contributed by atoms with Crippen LogP contribution >= 0.6 is 24.0 Å². The van der Waals surface area contributed by atoms with Gasteiger partial charge in [-0.2, -0.15) is 0 Å². The van der Waals surface area contributed by atoms with Crippen molar-refractivity contribution in [2.75, 3.05) is 19.6 Å². The van der Waals surface area contributed by atoms with E-state index in [9.17, 15) is 5.11 Å². The van der Waals surface area contributed by atoms with Crippen molar-refractivity contribution < 1.29 is 5.11 Å². The molecule has 0 aliphatic heterocycles. The first-order valence-corrected chi connectivity index (χ1v) is 8.48. The Hall–Kier alpha value is -1.43. The van der Waals surface area contributed by atoms with Crippen molar-refractivity contribution in [2.45, 2.75) is 18.4 Å². The van der Waals surface area contributed by atoms with Crippen molar-refractivity contribution in [1.29, 1.82) is 0 Å². The van der Waals surface area contributed by atoms with E-state index in [4.69, 9.17) is 0 Å². The summed E-state index contributed by atoms with van der Waals surface area (Å²) in [6, 6.07) is 19.9. The van der Waals surface area contributed by atoms with E-state index in [1.54, 1.807) is 0 Å². The van der Waals surface area contributed by atoms with E-state index in [0.717, 1.165) is 37.2 Å². The highest BCUT2D eigenvalue weighted by Gasteiger charge is 2.30. The maximum Gasteiger partial charge on any atom is 0.115 e. The predicted molar refractivity (Wildman–Crippen MR) is 117 cm³/mol. The summed E-state index contributed by atoms with van der Waals surface area (Å²) in [5.74, 6) is 0. The molecule has 2 nitrogen and oxygen atoms in total. The number of hydrogen-bond donors (Lipinski definition) is 1. The van der Waals surface area contributed by atoms with Gasteiger partial charge < -0.3 is 5.11 Å². The first-order chi connectivity index (χ1) is 11.7. The molecule has 0 aromatic heterocycles. The van der Waals surface area contributed by atoms with Crippen LogP contribution in [0.1, 0.15) is 24.0 Å². The molecule has 2 aromatic rings. The van der Waals surface area contributed by atoms with Crippen LogP contribution in [0.5, 0.6) is 0 Å². The van der Waals surface area contributed by atoms with Crippen LogP contribution in [0.3, 0.4) is 0 Å². The topological polar surface area (TPSA) is 23.5 Å². The quantitative estimate of drug-likeness (QED) is 0.408. The van der Waals surface area contributed by atoms with Gasteiger partial charge in [0.1, 0.15) is 5.60 Å². The van der Waals surface area contributed by atoms with Gasteiger partial charge in [0.05, 0.1) is 0 Å². The Balaban J connectivity index is 0.00000312. The Labute approximate surface area is 168 Å². The van der Waals surface area contributed by atoms with Crippen LogP contribution in [0.25, 0.3) is 0 Å². The van der Waals surface area contributed by atoms with Gasteiger partial charge in [0.15, 0.2) is 0 Å². The lowest BCUT2D eigenvalue weighted by molar-refractivity contribution is 0.0656. The zero-order chi connectivity index (χ0) is 17.3. The molecule has 1 N–H and O–H groups in total. The second kappa shape index (κ2) is 11.2. The number of aliphatic hydroxyl groups is 1. The van der Waals surface area contributed by atoms with Gasteiger partial charge in [-0.3, -0.25) is 4.90 Å². The summed E-state index contributed by atoms with van der Waals surface area (Å²) in [7, 11) is 0. The fraction of sp³-hybridized carbons (Fsp3) is 0.273. The Kier molecular flexibility index (Phi) is 9.71. The summed E-state index contributed by atoms with van der Waals surface area (Å²) < 4.78 is 0. The minimum absolute atomic E-state index is 0. The molecule has 0 bridgehead atoms. The fourth-order valence-electron chi connectivity index (χ4n) is 3.06. The molecule has 0 fully saturated rings. The first-order valence-electron chi connectivity index (χ1n) is 8.48. The molecule has 0 spiro atoms. The number of nitrogens with zero attached hydrogens (tertiary/aromatic N) is 1. The summed E-state index contributed by atoms with van der Waals surface area (Å²) in [6.07, 6.45) is 5.38. The van der Waals surface area contributed by atoms with E-state index in [0.29, 0.717) is 6.42 Å². The third-order valence-corrected chi connectivity index (χ3v) is 4.29. The minimum atomic E-state index is -0.962. The highest BCUT2D eigenvalue weighted by atomic mass is 127. The van der Waals surface area contributed by atoms with E-state index in [1.165, 1.54) is 0 Å². The van der Waals surface area contributed by atoms with Gasteiger partial charge in [0.2, 0.25) is 0 Å². The van der Waals surface area contributed by atoms with Crippen molar-refractivity contribution in [3.63, 3.8) is 0 Å². The standard InChI is InChI=1S/C22H27NO.HI/c1-3-17-23(18-4-2)19-11-16-22(24,20-12-7-5-8-13-20)21-14-9-6-10-15-21;/h3-10,12-15,24H,1-2,11,16-19H2;1H. The molecule has 0 saturated heterocycles. The minimum Gasteiger partial charge on any atom is -0.380 e. The summed E-state index contributed by atoms with van der Waals surface area (Å²) >= 11 is 0. The van der Waals surface area contributed by atoms with Gasteiger partial charge in [-0.25, -0.2) is 0 Å². The highest BCUT2D eigenvalue weighted by molar-refractivity contribution is 14.0. The van der Waals surface area contributed by atoms with Crippen molar-refractivity contribution in [3.8, 4) is 0 Å². The van der Waals surface area contributed by atoms with Crippen LogP contribution in [0.4, 0.5) is 0 Å². The molecule has 2 rings (SSSR count).